The molecule has 0 amide bonds. The van der Waals surface area contributed by atoms with Gasteiger partial charge in [-0.1, -0.05) is 19.9 Å². The molecule has 0 radical (unpaired) electrons. The molecule has 1 saturated carbocycles. The van der Waals surface area contributed by atoms with Gasteiger partial charge >= 0.3 is 7.12 Å². The third-order valence-corrected chi connectivity index (χ3v) is 8.05. The van der Waals surface area contributed by atoms with Gasteiger partial charge in [0.05, 0.1) is 34.3 Å². The van der Waals surface area contributed by atoms with Gasteiger partial charge in [-0.05, 0) is 52.7 Å². The van der Waals surface area contributed by atoms with Gasteiger partial charge in [-0.25, -0.2) is 4.98 Å². The van der Waals surface area contributed by atoms with Crippen LogP contribution in [0.2, 0.25) is 0 Å². The van der Waals surface area contributed by atoms with Gasteiger partial charge in [-0.3, -0.25) is 8.96 Å². The molecule has 2 aliphatic rings. The largest absolute Gasteiger partial charge is 0.497 e. The van der Waals surface area contributed by atoms with Crippen LogP contribution in [0.3, 0.4) is 0 Å². The number of fused-ring (bicyclic) bond motifs is 1. The summed E-state index contributed by atoms with van der Waals surface area (Å²) in [5, 5.41) is 1.13. The Hall–Kier alpha value is -1.10. The zero-order valence-corrected chi connectivity index (χ0v) is 22.0. The minimum Gasteiger partial charge on any atom is -0.399 e. The van der Waals surface area contributed by atoms with E-state index in [9.17, 15) is 0 Å². The fraction of sp³-hybridized carbons (Fsp3) is 0.478. The Balaban J connectivity index is 0.00000112. The molecule has 164 valence electrons. The zero-order valence-electron chi connectivity index (χ0n) is 19.0. The smallest absolute Gasteiger partial charge is 0.399 e. The molecule has 1 saturated heterocycles. The standard InChI is InChI=1S/C21H23BIN3O2S.C2H6/c1-20(2)21(3,4)28-22(27-20)16-12-26(29-23)19-8-7-14(9-15(16)19)18-11-24-10-17(25-18)13-5-6-13;1-2/h7-13H,5-6H2,1-4H3;1-2H3. The van der Waals surface area contributed by atoms with Crippen molar-refractivity contribution in [1.29, 1.82) is 0 Å². The Labute approximate surface area is 201 Å². The van der Waals surface area contributed by atoms with E-state index in [-0.39, 0.29) is 11.2 Å². The predicted octanol–water partition coefficient (Wildman–Crippen LogP) is 6.15. The normalized spacial score (nSPS) is 19.4. The molecular formula is C23H29BIN3O2S. The van der Waals surface area contributed by atoms with Gasteiger partial charge < -0.3 is 9.31 Å². The molecule has 5 rings (SSSR count). The highest BCUT2D eigenvalue weighted by Gasteiger charge is 2.52. The van der Waals surface area contributed by atoms with Crippen LogP contribution in [0.1, 0.15) is 66.0 Å². The fourth-order valence-electron chi connectivity index (χ4n) is 3.70. The second-order valence-corrected chi connectivity index (χ2v) is 10.6. The van der Waals surface area contributed by atoms with E-state index < -0.39 is 7.12 Å². The summed E-state index contributed by atoms with van der Waals surface area (Å²) in [5.41, 5.74) is 4.55. The number of halogens is 1. The van der Waals surface area contributed by atoms with Crippen LogP contribution in [-0.2, 0) is 9.31 Å². The minimum atomic E-state index is -0.397. The lowest BCUT2D eigenvalue weighted by Crippen LogP contribution is -2.41. The van der Waals surface area contributed by atoms with Crippen molar-refractivity contribution in [2.45, 2.75) is 71.5 Å². The van der Waals surface area contributed by atoms with Crippen LogP contribution >= 0.6 is 30.3 Å². The second kappa shape index (κ2) is 8.69. The summed E-state index contributed by atoms with van der Waals surface area (Å²) in [4.78, 5) is 9.31. The van der Waals surface area contributed by atoms with Crippen LogP contribution in [-0.4, -0.2) is 32.3 Å². The number of rotatable bonds is 4. The molecule has 3 aromatic rings. The molecule has 1 aliphatic heterocycles. The van der Waals surface area contributed by atoms with Crippen LogP contribution in [0.4, 0.5) is 0 Å². The molecule has 2 fully saturated rings. The summed E-state index contributed by atoms with van der Waals surface area (Å²) in [5.74, 6) is 0.586. The molecule has 0 unspecified atom stereocenters. The highest BCUT2D eigenvalue weighted by molar-refractivity contribution is 14.2. The Morgan fingerprint density at radius 1 is 1.10 bits per heavy atom. The van der Waals surface area contributed by atoms with Crippen LogP contribution in [0, 0.1) is 0 Å². The second-order valence-electron chi connectivity index (χ2n) is 8.90. The summed E-state index contributed by atoms with van der Waals surface area (Å²) < 4.78 is 14.8. The summed E-state index contributed by atoms with van der Waals surface area (Å²) >= 11 is 2.31. The molecule has 0 spiro atoms. The van der Waals surface area contributed by atoms with Crippen molar-refractivity contribution in [3.05, 3.63) is 42.5 Å². The van der Waals surface area contributed by atoms with Crippen LogP contribution in [0.5, 0.6) is 0 Å². The third-order valence-electron chi connectivity index (χ3n) is 6.33. The lowest BCUT2D eigenvalue weighted by atomic mass is 9.78. The molecule has 3 heterocycles. The summed E-state index contributed by atoms with van der Waals surface area (Å²) in [7, 11) is 1.24. The summed E-state index contributed by atoms with van der Waals surface area (Å²) in [6.07, 6.45) is 8.32. The monoisotopic (exact) mass is 549 g/mol. The predicted molar refractivity (Wildman–Crippen MR) is 139 cm³/mol. The summed E-state index contributed by atoms with van der Waals surface area (Å²) in [6, 6.07) is 6.47. The maximum atomic E-state index is 6.35. The molecule has 1 aromatic carbocycles. The third kappa shape index (κ3) is 4.28. The fourth-order valence-corrected chi connectivity index (χ4v) is 5.06. The molecule has 2 aromatic heterocycles. The number of benzene rings is 1. The van der Waals surface area contributed by atoms with Crippen molar-refractivity contribution in [3.63, 3.8) is 0 Å². The molecule has 5 nitrogen and oxygen atoms in total. The first-order chi connectivity index (χ1) is 14.8. The van der Waals surface area contributed by atoms with E-state index in [2.05, 4.69) is 82.3 Å². The topological polar surface area (TPSA) is 49.2 Å². The molecule has 0 bridgehead atoms. The van der Waals surface area contributed by atoms with Gasteiger partial charge in [0.15, 0.2) is 0 Å². The van der Waals surface area contributed by atoms with Crippen LogP contribution in [0.15, 0.2) is 36.8 Å². The zero-order chi connectivity index (χ0) is 22.4. The molecular weight excluding hydrogens is 520 g/mol. The number of hydrogen-bond donors (Lipinski definition) is 0. The van der Waals surface area contributed by atoms with Crippen molar-refractivity contribution < 1.29 is 9.31 Å². The Morgan fingerprint density at radius 2 is 1.77 bits per heavy atom. The maximum absolute atomic E-state index is 6.35. The minimum absolute atomic E-state index is 0.370. The number of nitrogens with zero attached hydrogens (tertiary/aromatic N) is 3. The molecule has 0 N–H and O–H groups in total. The van der Waals surface area contributed by atoms with Crippen LogP contribution in [0.25, 0.3) is 22.2 Å². The van der Waals surface area contributed by atoms with Gasteiger partial charge in [0, 0.05) is 65.0 Å². The van der Waals surface area contributed by atoms with Crippen molar-refractivity contribution in [2.75, 3.05) is 0 Å². The summed E-state index contributed by atoms with van der Waals surface area (Å²) in [6.45, 7) is 12.3. The highest BCUT2D eigenvalue weighted by Crippen LogP contribution is 2.40. The first-order valence-electron chi connectivity index (χ1n) is 10.9. The molecule has 0 atom stereocenters. The lowest BCUT2D eigenvalue weighted by molar-refractivity contribution is 0.00578. The Kier molecular flexibility index (Phi) is 6.47. The van der Waals surface area contributed by atoms with E-state index in [1.54, 1.807) is 9.12 Å². The van der Waals surface area contributed by atoms with E-state index in [1.165, 1.54) is 12.8 Å². The average molecular weight is 549 g/mol. The first-order valence-corrected chi connectivity index (χ1v) is 14.2. The van der Waals surface area contributed by atoms with E-state index >= 15 is 0 Å². The molecule has 31 heavy (non-hydrogen) atoms. The van der Waals surface area contributed by atoms with Crippen LogP contribution < -0.4 is 5.46 Å². The van der Waals surface area contributed by atoms with Gasteiger partial charge in [-0.15, -0.1) is 0 Å². The lowest BCUT2D eigenvalue weighted by Gasteiger charge is -2.32. The van der Waals surface area contributed by atoms with Gasteiger partial charge in [0.25, 0.3) is 0 Å². The highest BCUT2D eigenvalue weighted by atomic mass is 127. The van der Waals surface area contributed by atoms with Crippen molar-refractivity contribution in [1.82, 2.24) is 13.9 Å². The van der Waals surface area contributed by atoms with E-state index in [4.69, 9.17) is 14.3 Å². The Bertz CT molecular complexity index is 1080. The van der Waals surface area contributed by atoms with E-state index in [0.717, 1.165) is 33.3 Å². The van der Waals surface area contributed by atoms with Gasteiger partial charge in [0.2, 0.25) is 0 Å². The van der Waals surface area contributed by atoms with Gasteiger partial charge in [0.1, 0.15) is 0 Å². The quantitative estimate of drug-likeness (QED) is 0.289. The first kappa shape index (κ1) is 23.1. The number of aromatic nitrogens is 3. The Morgan fingerprint density at radius 3 is 2.39 bits per heavy atom. The van der Waals surface area contributed by atoms with Crippen molar-refractivity contribution >= 4 is 53.8 Å². The maximum Gasteiger partial charge on any atom is 0.497 e. The molecule has 1 aliphatic carbocycles. The SMILES string of the molecule is CC.CC1(C)OB(c2cn(SI)c3ccc(-c4cncc(C5CC5)n4)cc23)OC1(C)C. The average Bonchev–Trinajstić information content (AvgIpc) is 3.50. The van der Waals surface area contributed by atoms with E-state index in [0.29, 0.717) is 5.92 Å². The number of hydrogen-bond acceptors (Lipinski definition) is 5. The van der Waals surface area contributed by atoms with Crippen molar-refractivity contribution in [3.8, 4) is 11.3 Å². The molecule has 8 heteroatoms. The van der Waals surface area contributed by atoms with Crippen molar-refractivity contribution in [2.24, 2.45) is 0 Å². The van der Waals surface area contributed by atoms with E-state index in [1.807, 2.05) is 26.2 Å². The van der Waals surface area contributed by atoms with Gasteiger partial charge in [-0.2, -0.15) is 0 Å².